The van der Waals surface area contributed by atoms with Gasteiger partial charge in [-0.15, -0.1) is 11.3 Å². The number of aromatic carboxylic acids is 1. The number of halogens is 1. The summed E-state index contributed by atoms with van der Waals surface area (Å²) in [6, 6.07) is 15.2. The fourth-order valence-electron chi connectivity index (χ4n) is 3.60. The molecule has 10 heteroatoms. The molecule has 3 N–H and O–H groups in total. The molecule has 2 saturated heterocycles. The van der Waals surface area contributed by atoms with Crippen molar-refractivity contribution in [3.8, 4) is 5.75 Å². The molecule has 0 radical (unpaired) electrons. The Balaban J connectivity index is 0.000000141. The molecule has 0 unspecified atom stereocenters. The first-order valence-corrected chi connectivity index (χ1v) is 12.2. The van der Waals surface area contributed by atoms with Gasteiger partial charge in [0.2, 0.25) is 0 Å². The average Bonchev–Trinajstić information content (AvgIpc) is 3.61. The van der Waals surface area contributed by atoms with Crippen LogP contribution in [-0.4, -0.2) is 51.6 Å². The molecular formula is C25H24ClN3O5S. The summed E-state index contributed by atoms with van der Waals surface area (Å²) in [4.78, 5) is 18.6. The van der Waals surface area contributed by atoms with E-state index in [1.165, 1.54) is 12.4 Å². The number of carboxylic acids is 1. The summed E-state index contributed by atoms with van der Waals surface area (Å²) in [6.07, 6.45) is 4.65. The molecule has 8 nitrogen and oxygen atoms in total. The van der Waals surface area contributed by atoms with Crippen LogP contribution in [0.25, 0.3) is 10.2 Å². The Kier molecular flexibility index (Phi) is 8.49. The molecule has 35 heavy (non-hydrogen) atoms. The first-order valence-electron chi connectivity index (χ1n) is 11.0. The van der Waals surface area contributed by atoms with E-state index in [4.69, 9.17) is 26.2 Å². The molecule has 2 aliphatic rings. The van der Waals surface area contributed by atoms with E-state index < -0.39 is 5.97 Å². The number of thiophene rings is 1. The third-order valence-electron chi connectivity index (χ3n) is 5.36. The van der Waals surface area contributed by atoms with Gasteiger partial charge in [0.25, 0.3) is 0 Å². The van der Waals surface area contributed by atoms with Gasteiger partial charge >= 0.3 is 5.97 Å². The number of aromatic nitrogens is 2. The topological polar surface area (TPSA) is 114 Å². The quantitative estimate of drug-likeness (QED) is 0.297. The Morgan fingerprint density at radius 3 is 2.37 bits per heavy atom. The molecule has 0 saturated carbocycles. The normalized spacial score (nSPS) is 18.1. The van der Waals surface area contributed by atoms with Crippen LogP contribution in [-0.2, 0) is 9.47 Å². The number of carboxylic acid groups (broad SMARTS) is 1. The van der Waals surface area contributed by atoms with E-state index in [9.17, 15) is 9.90 Å². The van der Waals surface area contributed by atoms with Gasteiger partial charge in [0, 0.05) is 18.9 Å². The molecule has 0 aliphatic carbocycles. The minimum atomic E-state index is -0.879. The minimum Gasteiger partial charge on any atom is -0.506 e. The van der Waals surface area contributed by atoms with E-state index in [-0.39, 0.29) is 5.75 Å². The average molecular weight is 514 g/mol. The molecule has 0 bridgehead atoms. The first-order chi connectivity index (χ1) is 17.0. The van der Waals surface area contributed by atoms with Crippen molar-refractivity contribution >= 4 is 50.6 Å². The molecule has 182 valence electrons. The molecule has 2 fully saturated rings. The highest BCUT2D eigenvalue weighted by Crippen LogP contribution is 2.31. The number of aromatic hydroxyl groups is 1. The van der Waals surface area contributed by atoms with Gasteiger partial charge in [-0.2, -0.15) is 0 Å². The number of phenolic OH excluding ortho intramolecular Hbond substituents is 1. The number of benzene rings is 2. The van der Waals surface area contributed by atoms with Gasteiger partial charge in [-0.05, 0) is 54.6 Å². The Morgan fingerprint density at radius 1 is 1.03 bits per heavy atom. The molecule has 6 rings (SSSR count). The molecule has 2 atom stereocenters. The van der Waals surface area contributed by atoms with Crippen LogP contribution in [0.3, 0.4) is 0 Å². The minimum absolute atomic E-state index is 0.0613. The summed E-state index contributed by atoms with van der Waals surface area (Å²) in [5.74, 6) is -0.0847. The smallest absolute Gasteiger partial charge is 0.335 e. The zero-order valence-electron chi connectivity index (χ0n) is 18.6. The second kappa shape index (κ2) is 11.9. The van der Waals surface area contributed by atoms with E-state index in [1.54, 1.807) is 53.8 Å². The molecule has 2 aromatic carbocycles. The van der Waals surface area contributed by atoms with Crippen molar-refractivity contribution in [2.75, 3.05) is 18.5 Å². The molecule has 0 spiro atoms. The number of fused-ring (bicyclic) bond motifs is 2. The fraction of sp³-hybridized carbons (Fsp3) is 0.240. The van der Waals surface area contributed by atoms with Gasteiger partial charge in [-0.3, -0.25) is 0 Å². The maximum Gasteiger partial charge on any atom is 0.335 e. The van der Waals surface area contributed by atoms with Crippen LogP contribution in [0.2, 0.25) is 5.02 Å². The number of carbonyl (C=O) groups is 1. The van der Waals surface area contributed by atoms with Gasteiger partial charge in [0.15, 0.2) is 5.82 Å². The second-order valence-corrected chi connectivity index (χ2v) is 9.04. The third-order valence-corrected chi connectivity index (χ3v) is 6.57. The second-order valence-electron chi connectivity index (χ2n) is 7.72. The van der Waals surface area contributed by atoms with Crippen molar-refractivity contribution in [1.29, 1.82) is 0 Å². The predicted molar refractivity (Wildman–Crippen MR) is 136 cm³/mol. The van der Waals surface area contributed by atoms with Crippen LogP contribution in [0.15, 0.2) is 66.3 Å². The number of anilines is 2. The van der Waals surface area contributed by atoms with E-state index in [1.807, 2.05) is 11.4 Å². The van der Waals surface area contributed by atoms with Crippen molar-refractivity contribution < 1.29 is 24.5 Å². The number of hydrogen-bond donors (Lipinski definition) is 3. The number of ether oxygens (including phenoxy) is 2. The molecule has 4 heterocycles. The lowest BCUT2D eigenvalue weighted by molar-refractivity contribution is 0.0697. The highest BCUT2D eigenvalue weighted by molar-refractivity contribution is 7.17. The summed E-state index contributed by atoms with van der Waals surface area (Å²) in [5, 5.41) is 23.2. The van der Waals surface area contributed by atoms with Crippen molar-refractivity contribution in [1.82, 2.24) is 9.97 Å². The largest absolute Gasteiger partial charge is 0.506 e. The summed E-state index contributed by atoms with van der Waals surface area (Å²) < 4.78 is 11.7. The first kappa shape index (κ1) is 24.9. The van der Waals surface area contributed by atoms with Crippen molar-refractivity contribution in [3.05, 3.63) is 76.9 Å². The van der Waals surface area contributed by atoms with Gasteiger partial charge in [-0.1, -0.05) is 29.8 Å². The van der Waals surface area contributed by atoms with Crippen LogP contribution in [0, 0.1) is 0 Å². The standard InChI is InChI=1S/C12H8ClN3OS.C7H6O2.C6H10O2/c13-8-5-7(1-2-10(8)17)16-12-11-9(3-4-18-11)14-6-15-12;8-7(9)6-4-2-1-3-5-6;1-3-7-6-2-4-8-5(1)6/h1-6,17H,(H,14,15,16);1-5H,(H,8,9);5-6H,1-4H2/t;;5-,6-/m..1/s1. The zero-order valence-corrected chi connectivity index (χ0v) is 20.2. The Hall–Kier alpha value is -3.24. The summed E-state index contributed by atoms with van der Waals surface area (Å²) in [6.45, 7) is 1.82. The van der Waals surface area contributed by atoms with E-state index in [0.29, 0.717) is 22.8 Å². The lowest BCUT2D eigenvalue weighted by Crippen LogP contribution is -2.13. The maximum absolute atomic E-state index is 10.2. The highest BCUT2D eigenvalue weighted by Gasteiger charge is 2.33. The third kappa shape index (κ3) is 6.67. The number of rotatable bonds is 3. The molecule has 4 aromatic rings. The zero-order chi connectivity index (χ0) is 24.6. The van der Waals surface area contributed by atoms with Crippen molar-refractivity contribution in [3.63, 3.8) is 0 Å². The number of nitrogens with zero attached hydrogens (tertiary/aromatic N) is 2. The Morgan fingerprint density at radius 2 is 1.74 bits per heavy atom. The fourth-order valence-corrected chi connectivity index (χ4v) is 4.57. The number of phenols is 1. The summed E-state index contributed by atoms with van der Waals surface area (Å²) in [7, 11) is 0. The molecular weight excluding hydrogens is 490 g/mol. The summed E-state index contributed by atoms with van der Waals surface area (Å²) in [5.41, 5.74) is 2.01. The van der Waals surface area contributed by atoms with Crippen molar-refractivity contribution in [2.45, 2.75) is 25.0 Å². The van der Waals surface area contributed by atoms with Crippen LogP contribution in [0.4, 0.5) is 11.5 Å². The SMILES string of the molecule is C1C[C@H]2OCC[C@H]2O1.O=C(O)c1ccccc1.Oc1ccc(Nc2ncnc3ccsc23)cc1Cl. The number of hydrogen-bond acceptors (Lipinski definition) is 8. The lowest BCUT2D eigenvalue weighted by Gasteiger charge is -2.07. The van der Waals surface area contributed by atoms with E-state index in [0.717, 1.165) is 47.8 Å². The van der Waals surface area contributed by atoms with Crippen LogP contribution in [0.1, 0.15) is 23.2 Å². The lowest BCUT2D eigenvalue weighted by atomic mass is 10.2. The number of nitrogens with one attached hydrogen (secondary N) is 1. The van der Waals surface area contributed by atoms with E-state index in [2.05, 4.69) is 15.3 Å². The Labute approximate surface area is 211 Å². The monoisotopic (exact) mass is 513 g/mol. The molecule has 2 aliphatic heterocycles. The van der Waals surface area contributed by atoms with Gasteiger partial charge in [0.05, 0.1) is 33.0 Å². The van der Waals surface area contributed by atoms with Crippen LogP contribution in [0.5, 0.6) is 5.75 Å². The maximum atomic E-state index is 10.2. The van der Waals surface area contributed by atoms with Gasteiger partial charge < -0.3 is 25.0 Å². The van der Waals surface area contributed by atoms with E-state index >= 15 is 0 Å². The van der Waals surface area contributed by atoms with Crippen molar-refractivity contribution in [2.24, 2.45) is 0 Å². The Bertz CT molecular complexity index is 1250. The van der Waals surface area contributed by atoms with Crippen LogP contribution >= 0.6 is 22.9 Å². The van der Waals surface area contributed by atoms with Gasteiger partial charge in [-0.25, -0.2) is 14.8 Å². The van der Waals surface area contributed by atoms with Gasteiger partial charge in [0.1, 0.15) is 12.1 Å². The van der Waals surface area contributed by atoms with Crippen LogP contribution < -0.4 is 5.32 Å². The summed E-state index contributed by atoms with van der Waals surface area (Å²) >= 11 is 7.43. The highest BCUT2D eigenvalue weighted by atomic mass is 35.5. The predicted octanol–water partition coefficient (Wildman–Crippen LogP) is 5.74. The molecule has 0 amide bonds. The molecule has 2 aromatic heterocycles.